The maximum Gasteiger partial charge on any atom is 0.295 e. The zero-order valence-electron chi connectivity index (χ0n) is 17.4. The average molecular weight is 441 g/mol. The van der Waals surface area contributed by atoms with Crippen LogP contribution in [0, 0.1) is 0 Å². The quantitative estimate of drug-likeness (QED) is 0.421. The molecule has 31 heavy (non-hydrogen) atoms. The van der Waals surface area contributed by atoms with Crippen molar-refractivity contribution in [2.24, 2.45) is 0 Å². The molecular weight excluding hydrogens is 416 g/mol. The molecule has 0 spiro atoms. The van der Waals surface area contributed by atoms with Gasteiger partial charge in [0.1, 0.15) is 12.4 Å². The number of rotatable bonds is 10. The minimum absolute atomic E-state index is 0.0770. The fourth-order valence-corrected chi connectivity index (χ4v) is 3.67. The smallest absolute Gasteiger partial charge is 0.295 e. The van der Waals surface area contributed by atoms with Gasteiger partial charge in [0.15, 0.2) is 11.5 Å². The molecule has 1 fully saturated rings. The lowest BCUT2D eigenvalue weighted by Gasteiger charge is -2.14. The Morgan fingerprint density at radius 3 is 2.55 bits per heavy atom. The van der Waals surface area contributed by atoms with E-state index in [0.29, 0.717) is 29.6 Å². The largest absolute Gasteiger partial charge is 0.494 e. The highest BCUT2D eigenvalue weighted by Crippen LogP contribution is 2.34. The molecule has 3 rings (SSSR count). The number of amides is 2. The fourth-order valence-electron chi connectivity index (χ4n) is 2.84. The molecule has 7 nitrogen and oxygen atoms in total. The number of hydrogen-bond donors (Lipinski definition) is 1. The zero-order chi connectivity index (χ0) is 22.2. The lowest BCUT2D eigenvalue weighted by atomic mass is 10.2. The second-order valence-corrected chi connectivity index (χ2v) is 7.41. The van der Waals surface area contributed by atoms with Crippen molar-refractivity contribution in [1.29, 1.82) is 0 Å². The number of methoxy groups -OCH3 is 1. The van der Waals surface area contributed by atoms with E-state index in [2.05, 4.69) is 11.9 Å². The number of ether oxygens (including phenoxy) is 3. The summed E-state index contributed by atoms with van der Waals surface area (Å²) in [6.45, 7) is 6.56. The van der Waals surface area contributed by atoms with Crippen molar-refractivity contribution in [3.63, 3.8) is 0 Å². The van der Waals surface area contributed by atoms with Gasteiger partial charge in [0, 0.05) is 5.69 Å². The minimum Gasteiger partial charge on any atom is -0.494 e. The number of thioether (sulfide) groups is 1. The van der Waals surface area contributed by atoms with E-state index in [1.807, 2.05) is 31.2 Å². The van der Waals surface area contributed by atoms with Crippen molar-refractivity contribution >= 4 is 34.7 Å². The summed E-state index contributed by atoms with van der Waals surface area (Å²) < 4.78 is 16.3. The Balaban J connectivity index is 1.67. The average Bonchev–Trinajstić information content (AvgIpc) is 3.04. The summed E-state index contributed by atoms with van der Waals surface area (Å²) in [5, 5.41) is 2.76. The normalized spacial score (nSPS) is 14.6. The first-order valence-electron chi connectivity index (χ1n) is 9.69. The summed E-state index contributed by atoms with van der Waals surface area (Å²) in [6, 6.07) is 12.6. The maximum absolute atomic E-state index is 12.7. The van der Waals surface area contributed by atoms with Crippen LogP contribution in [-0.2, 0) is 4.79 Å². The first kappa shape index (κ1) is 22.3. The molecule has 8 heteroatoms. The van der Waals surface area contributed by atoms with Crippen LogP contribution in [0.3, 0.4) is 0 Å². The SMILES string of the molecule is C=CCOc1ccc(/C=C2/SC(=O)N(CNc3ccc(OCC)cc3)C2=O)cc1OC. The molecule has 0 bridgehead atoms. The van der Waals surface area contributed by atoms with Crippen LogP contribution < -0.4 is 19.5 Å². The van der Waals surface area contributed by atoms with Gasteiger partial charge in [0.2, 0.25) is 0 Å². The molecule has 1 saturated heterocycles. The molecule has 2 amide bonds. The van der Waals surface area contributed by atoms with Gasteiger partial charge in [-0.1, -0.05) is 18.7 Å². The molecule has 2 aromatic carbocycles. The highest BCUT2D eigenvalue weighted by Gasteiger charge is 2.34. The summed E-state index contributed by atoms with van der Waals surface area (Å²) in [5.74, 6) is 1.53. The Kier molecular flexibility index (Phi) is 7.61. The number of carbonyl (C=O) groups excluding carboxylic acids is 2. The van der Waals surface area contributed by atoms with Crippen LogP contribution in [0.2, 0.25) is 0 Å². The van der Waals surface area contributed by atoms with E-state index >= 15 is 0 Å². The number of carbonyl (C=O) groups is 2. The molecule has 0 aromatic heterocycles. The molecule has 0 unspecified atom stereocenters. The molecule has 0 radical (unpaired) electrons. The van der Waals surface area contributed by atoms with Gasteiger partial charge in [-0.15, -0.1) is 0 Å². The van der Waals surface area contributed by atoms with Crippen molar-refractivity contribution in [1.82, 2.24) is 4.90 Å². The van der Waals surface area contributed by atoms with Gasteiger partial charge in [-0.05, 0) is 66.7 Å². The second-order valence-electron chi connectivity index (χ2n) is 6.41. The molecule has 1 heterocycles. The second kappa shape index (κ2) is 10.6. The van der Waals surface area contributed by atoms with Crippen LogP contribution in [0.5, 0.6) is 17.2 Å². The number of nitrogens with one attached hydrogen (secondary N) is 1. The fraction of sp³-hybridized carbons (Fsp3) is 0.217. The molecule has 0 aliphatic carbocycles. The van der Waals surface area contributed by atoms with Gasteiger partial charge in [-0.3, -0.25) is 14.5 Å². The van der Waals surface area contributed by atoms with Crippen LogP contribution in [0.1, 0.15) is 12.5 Å². The first-order valence-corrected chi connectivity index (χ1v) is 10.5. The standard InChI is InChI=1S/C23H24N2O5S/c1-4-12-30-19-11-6-16(13-20(19)28-3)14-21-22(26)25(23(27)31-21)15-24-17-7-9-18(10-8-17)29-5-2/h4,6-11,13-14,24H,1,5,12,15H2,2-3H3/b21-14+. The van der Waals surface area contributed by atoms with Crippen molar-refractivity contribution in [3.05, 3.63) is 65.6 Å². The maximum atomic E-state index is 12.7. The van der Waals surface area contributed by atoms with Crippen LogP contribution >= 0.6 is 11.8 Å². The summed E-state index contributed by atoms with van der Waals surface area (Å²) in [6.07, 6.45) is 3.31. The highest BCUT2D eigenvalue weighted by molar-refractivity contribution is 8.18. The monoisotopic (exact) mass is 440 g/mol. The van der Waals surface area contributed by atoms with E-state index in [1.54, 1.807) is 37.5 Å². The summed E-state index contributed by atoms with van der Waals surface area (Å²) in [7, 11) is 1.54. The summed E-state index contributed by atoms with van der Waals surface area (Å²) in [5.41, 5.74) is 1.51. The molecule has 0 atom stereocenters. The number of benzene rings is 2. The number of imide groups is 1. The van der Waals surface area contributed by atoms with E-state index in [0.717, 1.165) is 28.8 Å². The van der Waals surface area contributed by atoms with E-state index < -0.39 is 0 Å². The van der Waals surface area contributed by atoms with Gasteiger partial charge >= 0.3 is 0 Å². The Bertz CT molecular complexity index is 988. The van der Waals surface area contributed by atoms with Gasteiger partial charge in [0.25, 0.3) is 11.1 Å². The molecular formula is C23H24N2O5S. The van der Waals surface area contributed by atoms with Crippen LogP contribution in [0.15, 0.2) is 60.0 Å². The predicted molar refractivity (Wildman–Crippen MR) is 123 cm³/mol. The molecule has 1 N–H and O–H groups in total. The third-order valence-electron chi connectivity index (χ3n) is 4.32. The van der Waals surface area contributed by atoms with Crippen LogP contribution in [-0.4, -0.2) is 43.0 Å². The van der Waals surface area contributed by atoms with Crippen LogP contribution in [0.25, 0.3) is 6.08 Å². The van der Waals surface area contributed by atoms with Crippen molar-refractivity contribution in [3.8, 4) is 17.2 Å². The lowest BCUT2D eigenvalue weighted by molar-refractivity contribution is -0.122. The first-order chi connectivity index (χ1) is 15.0. The summed E-state index contributed by atoms with van der Waals surface area (Å²) in [4.78, 5) is 26.6. The number of anilines is 1. The van der Waals surface area contributed by atoms with E-state index in [4.69, 9.17) is 14.2 Å². The Morgan fingerprint density at radius 2 is 1.87 bits per heavy atom. The Morgan fingerprint density at radius 1 is 1.10 bits per heavy atom. The Hall–Kier alpha value is -3.39. The molecule has 2 aromatic rings. The Labute approximate surface area is 185 Å². The van der Waals surface area contributed by atoms with Crippen molar-refractivity contribution < 1.29 is 23.8 Å². The van der Waals surface area contributed by atoms with Crippen molar-refractivity contribution in [2.45, 2.75) is 6.92 Å². The zero-order valence-corrected chi connectivity index (χ0v) is 18.2. The highest BCUT2D eigenvalue weighted by atomic mass is 32.2. The van der Waals surface area contributed by atoms with Crippen molar-refractivity contribution in [2.75, 3.05) is 32.3 Å². The number of hydrogen-bond acceptors (Lipinski definition) is 7. The topological polar surface area (TPSA) is 77.1 Å². The number of nitrogens with zero attached hydrogens (tertiary/aromatic N) is 1. The third kappa shape index (κ3) is 5.61. The van der Waals surface area contributed by atoms with Gasteiger partial charge < -0.3 is 19.5 Å². The molecule has 162 valence electrons. The predicted octanol–water partition coefficient (Wildman–Crippen LogP) is 4.76. The molecule has 0 saturated carbocycles. The van der Waals surface area contributed by atoms with Crippen LogP contribution in [0.4, 0.5) is 10.5 Å². The van der Waals surface area contributed by atoms with E-state index in [-0.39, 0.29) is 17.8 Å². The van der Waals surface area contributed by atoms with Gasteiger partial charge in [-0.2, -0.15) is 0 Å². The van der Waals surface area contributed by atoms with E-state index in [9.17, 15) is 9.59 Å². The van der Waals surface area contributed by atoms with E-state index in [1.165, 1.54) is 4.90 Å². The van der Waals surface area contributed by atoms with Gasteiger partial charge in [0.05, 0.1) is 25.3 Å². The third-order valence-corrected chi connectivity index (χ3v) is 5.23. The molecule has 1 aliphatic rings. The summed E-state index contributed by atoms with van der Waals surface area (Å²) >= 11 is 0.906. The minimum atomic E-state index is -0.348. The van der Waals surface area contributed by atoms with Gasteiger partial charge in [-0.25, -0.2) is 0 Å². The molecule has 1 aliphatic heterocycles. The lowest BCUT2D eigenvalue weighted by Crippen LogP contribution is -2.33.